The van der Waals surface area contributed by atoms with Crippen LogP contribution < -0.4 is 9.47 Å². The molecule has 0 amide bonds. The molecule has 0 radical (unpaired) electrons. The summed E-state index contributed by atoms with van der Waals surface area (Å²) in [4.78, 5) is 8.25. The number of phenols is 1. The van der Waals surface area contributed by atoms with Gasteiger partial charge in [-0.2, -0.15) is 0 Å². The Morgan fingerprint density at radius 2 is 1.67 bits per heavy atom. The summed E-state index contributed by atoms with van der Waals surface area (Å²) in [6.45, 7) is 7.03. The number of phenolic OH excluding ortho intramolecular Hbond substituents is 1. The molecule has 1 heterocycles. The zero-order chi connectivity index (χ0) is 19.6. The number of nitrogens with one attached hydrogen (secondary N) is 1. The largest absolute Gasteiger partial charge is 0.502 e. The van der Waals surface area contributed by atoms with Gasteiger partial charge in [0.25, 0.3) is 0 Å². The molecule has 27 heavy (non-hydrogen) atoms. The molecule has 2 N–H and O–H groups in total. The predicted molar refractivity (Wildman–Crippen MR) is 108 cm³/mol. The quantitative estimate of drug-likeness (QED) is 0.700. The van der Waals surface area contributed by atoms with Crippen LogP contribution >= 0.6 is 0 Å². The van der Waals surface area contributed by atoms with Crippen LogP contribution in [-0.2, 0) is 5.41 Å². The third-order valence-corrected chi connectivity index (χ3v) is 6.21. The fourth-order valence-corrected chi connectivity index (χ4v) is 4.66. The number of ether oxygens (including phenoxy) is 2. The molecule has 0 bridgehead atoms. The topological polar surface area (TPSA) is 67.4 Å². The first-order valence-electron chi connectivity index (χ1n) is 9.93. The smallest absolute Gasteiger partial charge is 0.200 e. The van der Waals surface area contributed by atoms with Crippen molar-refractivity contribution in [1.29, 1.82) is 0 Å². The van der Waals surface area contributed by atoms with E-state index in [0.29, 0.717) is 11.5 Å². The van der Waals surface area contributed by atoms with Crippen LogP contribution in [-0.4, -0.2) is 29.3 Å². The maximum absolute atomic E-state index is 10.2. The maximum Gasteiger partial charge on any atom is 0.200 e. The van der Waals surface area contributed by atoms with Gasteiger partial charge in [-0.15, -0.1) is 0 Å². The average molecular weight is 373 g/mol. The van der Waals surface area contributed by atoms with E-state index >= 15 is 0 Å². The fraction of sp³-hybridized carbons (Fsp3) is 0.591. The van der Waals surface area contributed by atoms with Crippen LogP contribution in [0.3, 0.4) is 0 Å². The Kier molecular flexibility index (Phi) is 5.68. The van der Waals surface area contributed by atoms with Crippen molar-refractivity contribution < 1.29 is 14.6 Å². The first kappa shape index (κ1) is 19.6. The molecular weight excluding hydrogens is 340 g/mol. The van der Waals surface area contributed by atoms with E-state index in [-0.39, 0.29) is 11.2 Å². The van der Waals surface area contributed by atoms with Crippen molar-refractivity contribution in [2.75, 3.05) is 14.2 Å². The van der Waals surface area contributed by atoms with Crippen LogP contribution in [0, 0.1) is 11.8 Å². The Labute approximate surface area is 162 Å². The average Bonchev–Trinajstić information content (AvgIpc) is 3.11. The molecule has 1 fully saturated rings. The highest BCUT2D eigenvalue weighted by molar-refractivity contribution is 5.66. The normalized spacial score (nSPS) is 25.8. The van der Waals surface area contributed by atoms with Gasteiger partial charge in [0.05, 0.1) is 14.2 Å². The van der Waals surface area contributed by atoms with E-state index in [2.05, 4.69) is 30.7 Å². The van der Waals surface area contributed by atoms with Gasteiger partial charge in [0.1, 0.15) is 5.82 Å². The summed E-state index contributed by atoms with van der Waals surface area (Å²) in [6, 6.07) is 3.58. The van der Waals surface area contributed by atoms with Crippen molar-refractivity contribution in [2.24, 2.45) is 11.8 Å². The molecule has 1 aromatic heterocycles. The standard InChI is InChI=1S/C22H32N2O3/c1-6-22(11-14(2)7-8-15(3)12-22)19-13-23-21(24-19)16-9-17(26-4)20(25)18(10-16)27-5/h9-10,13-15,25H,6-8,11-12H2,1-5H3,(H,23,24). The number of nitrogens with zero attached hydrogens (tertiary/aromatic N) is 1. The van der Waals surface area contributed by atoms with E-state index in [9.17, 15) is 5.11 Å². The second-order valence-electron chi connectivity index (χ2n) is 8.20. The summed E-state index contributed by atoms with van der Waals surface area (Å²) in [5.74, 6) is 2.98. The van der Waals surface area contributed by atoms with E-state index in [1.165, 1.54) is 45.6 Å². The van der Waals surface area contributed by atoms with Gasteiger partial charge in [0.15, 0.2) is 11.5 Å². The van der Waals surface area contributed by atoms with Crippen molar-refractivity contribution >= 4 is 0 Å². The van der Waals surface area contributed by atoms with Gasteiger partial charge >= 0.3 is 0 Å². The van der Waals surface area contributed by atoms with E-state index in [4.69, 9.17) is 9.47 Å². The summed E-state index contributed by atoms with van der Waals surface area (Å²) >= 11 is 0. The number of aromatic amines is 1. The predicted octanol–water partition coefficient (Wildman–Crippen LogP) is 5.29. The lowest BCUT2D eigenvalue weighted by Crippen LogP contribution is -2.28. The molecule has 0 saturated heterocycles. The van der Waals surface area contributed by atoms with Crippen LogP contribution in [0.1, 0.15) is 58.6 Å². The Bertz CT molecular complexity index is 747. The van der Waals surface area contributed by atoms with Gasteiger partial charge in [-0.25, -0.2) is 4.98 Å². The molecule has 2 unspecified atom stereocenters. The lowest BCUT2D eigenvalue weighted by atomic mass is 9.72. The number of aromatic nitrogens is 2. The van der Waals surface area contributed by atoms with Gasteiger partial charge < -0.3 is 19.6 Å². The van der Waals surface area contributed by atoms with Crippen LogP contribution in [0.2, 0.25) is 0 Å². The summed E-state index contributed by atoms with van der Waals surface area (Å²) in [7, 11) is 3.07. The summed E-state index contributed by atoms with van der Waals surface area (Å²) in [6.07, 6.45) is 8.09. The first-order valence-corrected chi connectivity index (χ1v) is 9.93. The number of H-pyrrole nitrogens is 1. The maximum atomic E-state index is 10.2. The number of rotatable bonds is 5. The van der Waals surface area contributed by atoms with E-state index < -0.39 is 0 Å². The molecule has 1 aliphatic carbocycles. The molecule has 2 atom stereocenters. The van der Waals surface area contributed by atoms with E-state index in [1.807, 2.05) is 6.20 Å². The number of benzene rings is 1. The SMILES string of the molecule is CCC1(c2cnc(-c3cc(OC)c(O)c(OC)c3)[nH]2)CC(C)CCC(C)C1. The monoisotopic (exact) mass is 372 g/mol. The van der Waals surface area contributed by atoms with Crippen molar-refractivity contribution in [3.63, 3.8) is 0 Å². The van der Waals surface area contributed by atoms with E-state index in [0.717, 1.165) is 29.6 Å². The Morgan fingerprint density at radius 3 is 2.15 bits per heavy atom. The van der Waals surface area contributed by atoms with Crippen molar-refractivity contribution in [1.82, 2.24) is 9.97 Å². The van der Waals surface area contributed by atoms with Crippen molar-refractivity contribution in [3.8, 4) is 28.6 Å². The zero-order valence-electron chi connectivity index (χ0n) is 17.1. The van der Waals surface area contributed by atoms with Crippen molar-refractivity contribution in [3.05, 3.63) is 24.0 Å². The van der Waals surface area contributed by atoms with Gasteiger partial charge in [-0.05, 0) is 43.2 Å². The van der Waals surface area contributed by atoms with Gasteiger partial charge in [-0.3, -0.25) is 0 Å². The molecule has 1 aromatic carbocycles. The zero-order valence-corrected chi connectivity index (χ0v) is 17.1. The van der Waals surface area contributed by atoms with Crippen molar-refractivity contribution in [2.45, 2.75) is 58.3 Å². The number of aromatic hydroxyl groups is 1. The molecule has 5 heteroatoms. The highest BCUT2D eigenvalue weighted by atomic mass is 16.5. The second-order valence-corrected chi connectivity index (χ2v) is 8.20. The van der Waals surface area contributed by atoms with Gasteiger partial charge in [-0.1, -0.05) is 33.6 Å². The highest BCUT2D eigenvalue weighted by Gasteiger charge is 2.37. The lowest BCUT2D eigenvalue weighted by molar-refractivity contribution is 0.288. The molecule has 0 aliphatic heterocycles. The minimum absolute atomic E-state index is 0.00646. The van der Waals surface area contributed by atoms with Crippen LogP contribution in [0.5, 0.6) is 17.2 Å². The van der Waals surface area contributed by atoms with Crippen LogP contribution in [0.25, 0.3) is 11.4 Å². The molecule has 5 nitrogen and oxygen atoms in total. The van der Waals surface area contributed by atoms with E-state index in [1.54, 1.807) is 12.1 Å². The Morgan fingerprint density at radius 1 is 1.11 bits per heavy atom. The molecule has 1 aliphatic rings. The Hall–Kier alpha value is -2.17. The number of imidazole rings is 1. The van der Waals surface area contributed by atoms with Gasteiger partial charge in [0.2, 0.25) is 5.75 Å². The third kappa shape index (κ3) is 3.78. The lowest BCUT2D eigenvalue weighted by Gasteiger charge is -2.33. The first-order chi connectivity index (χ1) is 12.9. The summed E-state index contributed by atoms with van der Waals surface area (Å²) in [5, 5.41) is 10.2. The highest BCUT2D eigenvalue weighted by Crippen LogP contribution is 2.45. The second kappa shape index (κ2) is 7.83. The molecule has 2 aromatic rings. The summed E-state index contributed by atoms with van der Waals surface area (Å²) in [5.41, 5.74) is 2.20. The molecule has 3 rings (SSSR count). The number of hydrogen-bond donors (Lipinski definition) is 2. The number of hydrogen-bond acceptors (Lipinski definition) is 4. The van der Waals surface area contributed by atoms with Crippen LogP contribution in [0.4, 0.5) is 0 Å². The Balaban J connectivity index is 2.01. The number of methoxy groups -OCH3 is 2. The molecule has 148 valence electrons. The third-order valence-electron chi connectivity index (χ3n) is 6.21. The molecule has 1 saturated carbocycles. The minimum atomic E-state index is 0.00646. The molecule has 0 spiro atoms. The van der Waals surface area contributed by atoms with Gasteiger partial charge in [0, 0.05) is 22.9 Å². The minimum Gasteiger partial charge on any atom is -0.502 e. The summed E-state index contributed by atoms with van der Waals surface area (Å²) < 4.78 is 10.6. The van der Waals surface area contributed by atoms with Crippen LogP contribution in [0.15, 0.2) is 18.3 Å². The fourth-order valence-electron chi connectivity index (χ4n) is 4.66. The molecular formula is C22H32N2O3.